The first-order chi connectivity index (χ1) is 11.1. The molecule has 0 saturated carbocycles. The van der Waals surface area contributed by atoms with Crippen molar-refractivity contribution in [3.05, 3.63) is 65.5 Å². The number of aliphatic hydroxyl groups is 1. The van der Waals surface area contributed by atoms with E-state index < -0.39 is 5.54 Å². The average molecular weight is 309 g/mol. The van der Waals surface area contributed by atoms with E-state index in [9.17, 15) is 5.11 Å². The molecule has 0 aliphatic carbocycles. The SMILES string of the molecule is COc1ccc(CC2(CO)C=C(c3cccc(C)n3)N=N2)cc1. The lowest BCUT2D eigenvalue weighted by molar-refractivity contribution is 0.226. The summed E-state index contributed by atoms with van der Waals surface area (Å²) in [6.07, 6.45) is 2.48. The molecule has 2 aromatic rings. The Bertz CT molecular complexity index is 753. The van der Waals surface area contributed by atoms with E-state index in [0.29, 0.717) is 12.1 Å². The standard InChI is InChI=1S/C18H19N3O2/c1-13-4-3-5-16(19-13)17-11-18(12-22,21-20-17)10-14-6-8-15(23-2)9-7-14/h3-9,11,22H,10,12H2,1-2H3. The number of azo groups is 1. The molecule has 0 amide bonds. The minimum Gasteiger partial charge on any atom is -0.497 e. The minimum absolute atomic E-state index is 0.0994. The van der Waals surface area contributed by atoms with Gasteiger partial charge in [-0.3, -0.25) is 4.98 Å². The summed E-state index contributed by atoms with van der Waals surface area (Å²) < 4.78 is 5.17. The molecule has 1 aliphatic rings. The molecule has 0 radical (unpaired) electrons. The van der Waals surface area contributed by atoms with Crippen LogP contribution in [-0.2, 0) is 6.42 Å². The highest BCUT2D eigenvalue weighted by Gasteiger charge is 2.32. The second-order valence-corrected chi connectivity index (χ2v) is 5.68. The Balaban J connectivity index is 1.85. The van der Waals surface area contributed by atoms with Crippen molar-refractivity contribution < 1.29 is 9.84 Å². The molecular formula is C18H19N3O2. The summed E-state index contributed by atoms with van der Waals surface area (Å²) in [4.78, 5) is 4.46. The number of methoxy groups -OCH3 is 1. The van der Waals surface area contributed by atoms with Gasteiger partial charge in [0.15, 0.2) is 0 Å². The van der Waals surface area contributed by atoms with Crippen molar-refractivity contribution in [2.24, 2.45) is 10.2 Å². The summed E-state index contributed by atoms with van der Waals surface area (Å²) >= 11 is 0. The largest absolute Gasteiger partial charge is 0.497 e. The van der Waals surface area contributed by atoms with Crippen LogP contribution in [0.2, 0.25) is 0 Å². The molecule has 0 saturated heterocycles. The normalized spacial score (nSPS) is 19.7. The number of hydrogen-bond acceptors (Lipinski definition) is 5. The van der Waals surface area contributed by atoms with Gasteiger partial charge in [0.1, 0.15) is 17.0 Å². The number of pyridine rings is 1. The molecule has 5 nitrogen and oxygen atoms in total. The van der Waals surface area contributed by atoms with Crippen LogP contribution in [0.1, 0.15) is 17.0 Å². The highest BCUT2D eigenvalue weighted by molar-refractivity contribution is 5.64. The van der Waals surface area contributed by atoms with E-state index in [0.717, 1.165) is 22.7 Å². The Kier molecular flexibility index (Phi) is 4.21. The molecule has 118 valence electrons. The average Bonchev–Trinajstić information content (AvgIpc) is 3.00. The zero-order valence-electron chi connectivity index (χ0n) is 13.2. The molecule has 0 spiro atoms. The number of nitrogens with zero attached hydrogens (tertiary/aromatic N) is 3. The van der Waals surface area contributed by atoms with Gasteiger partial charge < -0.3 is 9.84 Å². The van der Waals surface area contributed by atoms with Gasteiger partial charge in [-0.05, 0) is 42.8 Å². The van der Waals surface area contributed by atoms with Crippen LogP contribution >= 0.6 is 0 Å². The predicted octanol–water partition coefficient (Wildman–Crippen LogP) is 3.18. The van der Waals surface area contributed by atoms with Crippen LogP contribution in [0, 0.1) is 6.92 Å². The van der Waals surface area contributed by atoms with E-state index in [1.54, 1.807) is 7.11 Å². The predicted molar refractivity (Wildman–Crippen MR) is 88.3 cm³/mol. The lowest BCUT2D eigenvalue weighted by Crippen LogP contribution is -2.29. The maximum absolute atomic E-state index is 9.85. The molecule has 1 aliphatic heterocycles. The molecular weight excluding hydrogens is 290 g/mol. The lowest BCUT2D eigenvalue weighted by atomic mass is 9.91. The van der Waals surface area contributed by atoms with E-state index in [2.05, 4.69) is 15.2 Å². The summed E-state index contributed by atoms with van der Waals surface area (Å²) in [6.45, 7) is 1.84. The molecule has 1 atom stereocenters. The third-order valence-corrected chi connectivity index (χ3v) is 3.86. The van der Waals surface area contributed by atoms with Gasteiger partial charge in [-0.2, -0.15) is 10.2 Å². The van der Waals surface area contributed by atoms with Gasteiger partial charge in [-0.1, -0.05) is 18.2 Å². The number of aliphatic hydroxyl groups excluding tert-OH is 1. The summed E-state index contributed by atoms with van der Waals surface area (Å²) in [5.41, 5.74) is 2.74. The Morgan fingerprint density at radius 1 is 1.13 bits per heavy atom. The summed E-state index contributed by atoms with van der Waals surface area (Å²) in [6, 6.07) is 13.5. The van der Waals surface area contributed by atoms with Gasteiger partial charge in [-0.25, -0.2) is 0 Å². The Hall–Kier alpha value is -2.53. The van der Waals surface area contributed by atoms with Crippen LogP contribution in [0.25, 0.3) is 5.70 Å². The highest BCUT2D eigenvalue weighted by Crippen LogP contribution is 2.32. The summed E-state index contributed by atoms with van der Waals surface area (Å²) in [5.74, 6) is 0.806. The van der Waals surface area contributed by atoms with Gasteiger partial charge >= 0.3 is 0 Å². The van der Waals surface area contributed by atoms with Crippen molar-refractivity contribution in [3.8, 4) is 5.75 Å². The number of aryl methyl sites for hydroxylation is 1. The molecule has 3 rings (SSSR count). The Labute approximate surface area is 135 Å². The van der Waals surface area contributed by atoms with Gasteiger partial charge in [0.05, 0.1) is 19.4 Å². The van der Waals surface area contributed by atoms with Gasteiger partial charge in [0.2, 0.25) is 0 Å². The fraction of sp³-hybridized carbons (Fsp3) is 0.278. The summed E-state index contributed by atoms with van der Waals surface area (Å²) in [7, 11) is 1.64. The van der Waals surface area contributed by atoms with E-state index in [4.69, 9.17) is 4.74 Å². The number of aromatic nitrogens is 1. The molecule has 5 heteroatoms. The van der Waals surface area contributed by atoms with E-state index in [-0.39, 0.29) is 6.61 Å². The minimum atomic E-state index is -0.727. The zero-order valence-corrected chi connectivity index (χ0v) is 13.2. The lowest BCUT2D eigenvalue weighted by Gasteiger charge is -2.19. The second-order valence-electron chi connectivity index (χ2n) is 5.68. The smallest absolute Gasteiger partial charge is 0.129 e. The summed E-state index contributed by atoms with van der Waals surface area (Å²) in [5, 5.41) is 18.4. The first kappa shape index (κ1) is 15.4. The van der Waals surface area contributed by atoms with Crippen LogP contribution in [0.5, 0.6) is 5.75 Å². The molecule has 1 unspecified atom stereocenters. The molecule has 23 heavy (non-hydrogen) atoms. The van der Waals surface area contributed by atoms with Crippen LogP contribution < -0.4 is 4.74 Å². The molecule has 2 heterocycles. The van der Waals surface area contributed by atoms with Gasteiger partial charge in [-0.15, -0.1) is 0 Å². The van der Waals surface area contributed by atoms with E-state index in [1.165, 1.54) is 0 Å². The highest BCUT2D eigenvalue weighted by atomic mass is 16.5. The topological polar surface area (TPSA) is 67.1 Å². The van der Waals surface area contributed by atoms with Gasteiger partial charge in [0.25, 0.3) is 0 Å². The van der Waals surface area contributed by atoms with Crippen molar-refractivity contribution in [3.63, 3.8) is 0 Å². The quantitative estimate of drug-likeness (QED) is 0.922. The molecule has 1 aromatic heterocycles. The van der Waals surface area contributed by atoms with Crippen molar-refractivity contribution in [2.45, 2.75) is 18.9 Å². The first-order valence-corrected chi connectivity index (χ1v) is 7.48. The first-order valence-electron chi connectivity index (χ1n) is 7.48. The number of rotatable bonds is 5. The number of benzene rings is 1. The van der Waals surface area contributed by atoms with Crippen LogP contribution in [0.3, 0.4) is 0 Å². The maximum atomic E-state index is 9.85. The number of ether oxygens (including phenoxy) is 1. The Morgan fingerprint density at radius 3 is 2.57 bits per heavy atom. The fourth-order valence-electron chi connectivity index (χ4n) is 2.59. The van der Waals surface area contributed by atoms with Crippen molar-refractivity contribution in [2.75, 3.05) is 13.7 Å². The third-order valence-electron chi connectivity index (χ3n) is 3.86. The fourth-order valence-corrected chi connectivity index (χ4v) is 2.59. The van der Waals surface area contributed by atoms with E-state index in [1.807, 2.05) is 55.5 Å². The van der Waals surface area contributed by atoms with Crippen molar-refractivity contribution in [1.29, 1.82) is 0 Å². The third kappa shape index (κ3) is 3.29. The zero-order chi connectivity index (χ0) is 16.3. The molecule has 0 fully saturated rings. The van der Waals surface area contributed by atoms with E-state index >= 15 is 0 Å². The van der Waals surface area contributed by atoms with Crippen molar-refractivity contribution in [1.82, 2.24) is 4.98 Å². The van der Waals surface area contributed by atoms with Gasteiger partial charge in [0, 0.05) is 12.1 Å². The van der Waals surface area contributed by atoms with Crippen molar-refractivity contribution >= 4 is 5.70 Å². The van der Waals surface area contributed by atoms with Crippen LogP contribution in [0.15, 0.2) is 58.8 Å². The van der Waals surface area contributed by atoms with Crippen LogP contribution in [0.4, 0.5) is 0 Å². The number of hydrogen-bond donors (Lipinski definition) is 1. The second kappa shape index (κ2) is 6.30. The Morgan fingerprint density at radius 2 is 1.91 bits per heavy atom. The monoisotopic (exact) mass is 309 g/mol. The molecule has 1 N–H and O–H groups in total. The molecule has 0 bridgehead atoms. The maximum Gasteiger partial charge on any atom is 0.129 e. The molecule has 1 aromatic carbocycles. The van der Waals surface area contributed by atoms with Crippen LogP contribution in [-0.4, -0.2) is 29.3 Å².